The van der Waals surface area contributed by atoms with E-state index in [-0.39, 0.29) is 17.3 Å². The number of hydrogen-bond donors (Lipinski definition) is 3. The maximum atomic E-state index is 12.4. The summed E-state index contributed by atoms with van der Waals surface area (Å²) >= 11 is 5.14. The molecule has 4 aliphatic rings. The highest BCUT2D eigenvalue weighted by Gasteiger charge is 2.51. The van der Waals surface area contributed by atoms with Gasteiger partial charge in [-0.2, -0.15) is 0 Å². The number of thiocarbonyl (C=S) groups is 1. The van der Waals surface area contributed by atoms with Gasteiger partial charge in [-0.1, -0.05) is 0 Å². The van der Waals surface area contributed by atoms with Crippen molar-refractivity contribution >= 4 is 29.2 Å². The Morgan fingerprint density at radius 1 is 1.08 bits per heavy atom. The van der Waals surface area contributed by atoms with Crippen molar-refractivity contribution in [1.82, 2.24) is 16.2 Å². The molecule has 0 atom stereocenters. The van der Waals surface area contributed by atoms with Gasteiger partial charge in [-0.15, -0.1) is 0 Å². The summed E-state index contributed by atoms with van der Waals surface area (Å²) in [5.41, 5.74) is 5.74. The second-order valence-corrected chi connectivity index (χ2v) is 8.61. The summed E-state index contributed by atoms with van der Waals surface area (Å²) in [7, 11) is 1.38. The van der Waals surface area contributed by atoms with Crippen LogP contribution in [0.15, 0.2) is 0 Å². The van der Waals surface area contributed by atoms with Gasteiger partial charge in [0.15, 0.2) is 5.11 Å². The van der Waals surface area contributed by atoms with Crippen LogP contribution in [-0.4, -0.2) is 30.6 Å². The van der Waals surface area contributed by atoms with Gasteiger partial charge in [0.2, 0.25) is 5.91 Å². The van der Waals surface area contributed by atoms with Crippen LogP contribution in [0, 0.1) is 23.2 Å². The lowest BCUT2D eigenvalue weighted by Crippen LogP contribution is -2.51. The third-order valence-corrected chi connectivity index (χ3v) is 6.33. The SMILES string of the molecule is COC(=O)CCCNC(=S)NNC(=O)CC12CC3CC(CC(C3)C1)C2. The minimum atomic E-state index is -0.232. The molecule has 4 aliphatic carbocycles. The number of hydrazine groups is 1. The number of hydrogen-bond acceptors (Lipinski definition) is 4. The van der Waals surface area contributed by atoms with Gasteiger partial charge in [0, 0.05) is 19.4 Å². The molecular formula is C18H29N3O3S. The van der Waals surface area contributed by atoms with Crippen molar-refractivity contribution in [3.8, 4) is 0 Å². The molecule has 140 valence electrons. The van der Waals surface area contributed by atoms with Gasteiger partial charge in [-0.05, 0) is 80.3 Å². The zero-order chi connectivity index (χ0) is 17.9. The fourth-order valence-corrected chi connectivity index (χ4v) is 5.75. The van der Waals surface area contributed by atoms with Crippen LogP contribution in [0.3, 0.4) is 0 Å². The molecule has 0 radical (unpaired) electrons. The van der Waals surface area contributed by atoms with E-state index in [1.54, 1.807) is 0 Å². The summed E-state index contributed by atoms with van der Waals surface area (Å²) in [4.78, 5) is 23.4. The van der Waals surface area contributed by atoms with Gasteiger partial charge in [0.1, 0.15) is 0 Å². The predicted molar refractivity (Wildman–Crippen MR) is 98.4 cm³/mol. The van der Waals surface area contributed by atoms with E-state index in [4.69, 9.17) is 12.2 Å². The lowest BCUT2D eigenvalue weighted by Gasteiger charge is -2.56. The zero-order valence-corrected chi connectivity index (χ0v) is 15.8. The first-order valence-corrected chi connectivity index (χ1v) is 9.78. The minimum absolute atomic E-state index is 0.0284. The van der Waals surface area contributed by atoms with E-state index in [9.17, 15) is 9.59 Å². The normalized spacial score (nSPS) is 32.1. The highest BCUT2D eigenvalue weighted by Crippen LogP contribution is 2.61. The zero-order valence-electron chi connectivity index (χ0n) is 14.9. The maximum Gasteiger partial charge on any atom is 0.305 e. The highest BCUT2D eigenvalue weighted by molar-refractivity contribution is 7.80. The van der Waals surface area contributed by atoms with Crippen LogP contribution in [0.2, 0.25) is 0 Å². The van der Waals surface area contributed by atoms with Crippen LogP contribution in [0.5, 0.6) is 0 Å². The van der Waals surface area contributed by atoms with E-state index in [1.165, 1.54) is 45.6 Å². The monoisotopic (exact) mass is 367 g/mol. The number of ether oxygens (including phenoxy) is 1. The fourth-order valence-electron chi connectivity index (χ4n) is 5.60. The molecule has 4 saturated carbocycles. The summed E-state index contributed by atoms with van der Waals surface area (Å²) < 4.78 is 4.58. The predicted octanol–water partition coefficient (Wildman–Crippen LogP) is 2.04. The molecular weight excluding hydrogens is 338 g/mol. The second-order valence-electron chi connectivity index (χ2n) is 8.20. The molecule has 0 saturated heterocycles. The number of carbonyl (C=O) groups is 2. The molecule has 0 aromatic carbocycles. The molecule has 4 rings (SSSR count). The molecule has 0 spiro atoms. The standard InChI is InChI=1S/C18H29N3O3S/c1-24-16(23)3-2-4-19-17(25)21-20-15(22)11-18-8-12-5-13(9-18)7-14(6-12)10-18/h12-14H,2-11H2,1H3,(H,20,22)(H2,19,21,25). The Balaban J connectivity index is 1.34. The first kappa shape index (κ1) is 18.4. The third-order valence-electron chi connectivity index (χ3n) is 6.09. The summed E-state index contributed by atoms with van der Waals surface area (Å²) in [6.45, 7) is 0.561. The van der Waals surface area contributed by atoms with E-state index in [2.05, 4.69) is 20.9 Å². The molecule has 25 heavy (non-hydrogen) atoms. The molecule has 0 aromatic rings. The van der Waals surface area contributed by atoms with Crippen LogP contribution < -0.4 is 16.2 Å². The first-order chi connectivity index (χ1) is 12.0. The van der Waals surface area contributed by atoms with Crippen LogP contribution >= 0.6 is 12.2 Å². The van der Waals surface area contributed by atoms with Crippen molar-refractivity contribution in [3.05, 3.63) is 0 Å². The van der Waals surface area contributed by atoms with Gasteiger partial charge in [-0.3, -0.25) is 20.4 Å². The van der Waals surface area contributed by atoms with E-state index < -0.39 is 0 Å². The van der Waals surface area contributed by atoms with Crippen LogP contribution in [0.25, 0.3) is 0 Å². The Morgan fingerprint density at radius 3 is 2.24 bits per heavy atom. The number of nitrogens with one attached hydrogen (secondary N) is 3. The molecule has 4 fully saturated rings. The Morgan fingerprint density at radius 2 is 1.68 bits per heavy atom. The van der Waals surface area contributed by atoms with Crippen molar-refractivity contribution in [2.45, 2.75) is 57.8 Å². The van der Waals surface area contributed by atoms with E-state index in [0.717, 1.165) is 17.8 Å². The molecule has 6 nitrogen and oxygen atoms in total. The van der Waals surface area contributed by atoms with Gasteiger partial charge < -0.3 is 10.1 Å². The number of rotatable bonds is 6. The Hall–Kier alpha value is -1.37. The Labute approximate surface area is 154 Å². The van der Waals surface area contributed by atoms with Crippen LogP contribution in [0.4, 0.5) is 0 Å². The first-order valence-electron chi connectivity index (χ1n) is 9.37. The molecule has 0 aliphatic heterocycles. The average Bonchev–Trinajstić information content (AvgIpc) is 2.55. The van der Waals surface area contributed by atoms with Crippen LogP contribution in [-0.2, 0) is 14.3 Å². The van der Waals surface area contributed by atoms with Crippen molar-refractivity contribution in [3.63, 3.8) is 0 Å². The third kappa shape index (κ3) is 4.84. The lowest BCUT2D eigenvalue weighted by molar-refractivity contribution is -0.140. The van der Waals surface area contributed by atoms with Crippen LogP contribution in [0.1, 0.15) is 57.8 Å². The number of carbonyl (C=O) groups excluding carboxylic acids is 2. The summed E-state index contributed by atoms with van der Waals surface area (Å²) in [6.07, 6.45) is 9.43. The Kier molecular flexibility index (Phi) is 5.81. The fraction of sp³-hybridized carbons (Fsp3) is 0.833. The van der Waals surface area contributed by atoms with Crippen molar-refractivity contribution in [2.24, 2.45) is 23.2 Å². The summed E-state index contributed by atoms with van der Waals surface area (Å²) in [6, 6.07) is 0. The lowest BCUT2D eigenvalue weighted by atomic mass is 9.49. The molecule has 3 N–H and O–H groups in total. The van der Waals surface area contributed by atoms with Gasteiger partial charge in [-0.25, -0.2) is 0 Å². The van der Waals surface area contributed by atoms with Gasteiger partial charge in [0.25, 0.3) is 0 Å². The summed E-state index contributed by atoms with van der Waals surface area (Å²) in [5, 5.41) is 3.35. The molecule has 0 aromatic heterocycles. The van der Waals surface area contributed by atoms with E-state index >= 15 is 0 Å². The largest absolute Gasteiger partial charge is 0.469 e. The average molecular weight is 368 g/mol. The molecule has 0 heterocycles. The Bertz CT molecular complexity index is 502. The highest BCUT2D eigenvalue weighted by atomic mass is 32.1. The maximum absolute atomic E-state index is 12.4. The molecule has 4 bridgehead atoms. The second kappa shape index (κ2) is 7.89. The molecule has 0 unspecified atom stereocenters. The van der Waals surface area contributed by atoms with Gasteiger partial charge >= 0.3 is 5.97 Å². The minimum Gasteiger partial charge on any atom is -0.469 e. The van der Waals surface area contributed by atoms with Gasteiger partial charge in [0.05, 0.1) is 7.11 Å². The van der Waals surface area contributed by atoms with Crippen molar-refractivity contribution in [1.29, 1.82) is 0 Å². The smallest absolute Gasteiger partial charge is 0.305 e. The molecule has 7 heteroatoms. The number of esters is 1. The topological polar surface area (TPSA) is 79.5 Å². The summed E-state index contributed by atoms with van der Waals surface area (Å²) in [5.74, 6) is 2.35. The quantitative estimate of drug-likeness (QED) is 0.289. The van der Waals surface area contributed by atoms with E-state index in [1.807, 2.05) is 0 Å². The van der Waals surface area contributed by atoms with E-state index in [0.29, 0.717) is 30.9 Å². The van der Waals surface area contributed by atoms with Crippen molar-refractivity contribution < 1.29 is 14.3 Å². The number of methoxy groups -OCH3 is 1. The van der Waals surface area contributed by atoms with Crippen molar-refractivity contribution in [2.75, 3.05) is 13.7 Å². The molecule has 1 amide bonds. The number of amides is 1.